The molecule has 3 aromatic rings. The summed E-state index contributed by atoms with van der Waals surface area (Å²) in [4.78, 5) is 13.9. The van der Waals surface area contributed by atoms with Crippen molar-refractivity contribution in [1.82, 2.24) is 9.62 Å². The summed E-state index contributed by atoms with van der Waals surface area (Å²) in [7, 11) is -0.621. The maximum Gasteiger partial charge on any atom is 0.242 e. The minimum atomic E-state index is -3.59. The molecule has 8 heteroatoms. The number of carbonyl (C=O) groups excluding carboxylic acids is 1. The molecule has 0 radical (unpaired) electrons. The predicted octanol–water partition coefficient (Wildman–Crippen LogP) is 3.62. The third-order valence-electron chi connectivity index (χ3n) is 4.66. The molecule has 0 saturated carbocycles. The van der Waals surface area contributed by atoms with Crippen molar-refractivity contribution in [3.63, 3.8) is 0 Å². The maximum absolute atomic E-state index is 12.6. The predicted molar refractivity (Wildman–Crippen MR) is 121 cm³/mol. The Balaban J connectivity index is 1.72. The zero-order chi connectivity index (χ0) is 21.7. The summed E-state index contributed by atoms with van der Waals surface area (Å²) in [6.07, 6.45) is 0. The number of thiophene rings is 1. The smallest absolute Gasteiger partial charge is 0.242 e. The number of carbonyl (C=O) groups is 1. The van der Waals surface area contributed by atoms with E-state index >= 15 is 0 Å². The lowest BCUT2D eigenvalue weighted by Gasteiger charge is -2.18. The van der Waals surface area contributed by atoms with Gasteiger partial charge in [0.15, 0.2) is 0 Å². The number of nitrogens with one attached hydrogen (secondary N) is 2. The molecule has 0 spiro atoms. The molecule has 30 heavy (non-hydrogen) atoms. The van der Waals surface area contributed by atoms with Crippen molar-refractivity contribution in [3.8, 4) is 0 Å². The topological polar surface area (TPSA) is 78.5 Å². The summed E-state index contributed by atoms with van der Waals surface area (Å²) in [5, 5.41) is 8.10. The standard InChI is InChI=1S/C22H25N3O3S2/c1-16-11-12-18(14-20(16)30(27,28)25(2)3)24-21(26)15-23-22(19-10-7-13-29-19)17-8-5-4-6-9-17/h4-14,22-23H,15H2,1-3H3,(H,24,26). The fourth-order valence-corrected chi connectivity index (χ4v) is 5.01. The van der Waals surface area contributed by atoms with Crippen LogP contribution in [0, 0.1) is 6.92 Å². The highest BCUT2D eigenvalue weighted by Crippen LogP contribution is 2.26. The molecular weight excluding hydrogens is 418 g/mol. The fraction of sp³-hybridized carbons (Fsp3) is 0.227. The summed E-state index contributed by atoms with van der Waals surface area (Å²) in [5.74, 6) is -0.246. The van der Waals surface area contributed by atoms with E-state index in [1.54, 1.807) is 30.4 Å². The molecule has 158 valence electrons. The van der Waals surface area contributed by atoms with Crippen LogP contribution in [0.3, 0.4) is 0 Å². The summed E-state index contributed by atoms with van der Waals surface area (Å²) in [6.45, 7) is 1.82. The van der Waals surface area contributed by atoms with Crippen molar-refractivity contribution in [1.29, 1.82) is 0 Å². The molecule has 0 bridgehead atoms. The second kappa shape index (κ2) is 9.53. The average Bonchev–Trinajstić information content (AvgIpc) is 3.24. The van der Waals surface area contributed by atoms with Crippen LogP contribution in [0.5, 0.6) is 0 Å². The fourth-order valence-electron chi connectivity index (χ4n) is 3.04. The highest BCUT2D eigenvalue weighted by atomic mass is 32.2. The molecule has 1 atom stereocenters. The molecule has 2 aromatic carbocycles. The van der Waals surface area contributed by atoms with E-state index in [0.717, 1.165) is 14.7 Å². The second-order valence-corrected chi connectivity index (χ2v) is 10.2. The van der Waals surface area contributed by atoms with Crippen LogP contribution in [-0.2, 0) is 14.8 Å². The molecule has 1 unspecified atom stereocenters. The summed E-state index contributed by atoms with van der Waals surface area (Å²) in [5.41, 5.74) is 2.14. The molecule has 1 heterocycles. The van der Waals surface area contributed by atoms with Crippen LogP contribution in [0.2, 0.25) is 0 Å². The molecule has 1 amide bonds. The van der Waals surface area contributed by atoms with Crippen LogP contribution in [0.4, 0.5) is 5.69 Å². The molecule has 2 N–H and O–H groups in total. The molecule has 0 aliphatic heterocycles. The largest absolute Gasteiger partial charge is 0.325 e. The average molecular weight is 444 g/mol. The number of rotatable bonds is 8. The molecule has 0 fully saturated rings. The number of aryl methyl sites for hydroxylation is 1. The third-order valence-corrected chi connectivity index (χ3v) is 7.55. The highest BCUT2D eigenvalue weighted by molar-refractivity contribution is 7.89. The second-order valence-electron chi connectivity index (χ2n) is 7.06. The molecular formula is C22H25N3O3S2. The highest BCUT2D eigenvalue weighted by Gasteiger charge is 2.21. The number of sulfonamides is 1. The van der Waals surface area contributed by atoms with Crippen LogP contribution in [0.1, 0.15) is 22.0 Å². The van der Waals surface area contributed by atoms with E-state index in [1.807, 2.05) is 47.8 Å². The number of anilines is 1. The summed E-state index contributed by atoms with van der Waals surface area (Å²) < 4.78 is 26.2. The third kappa shape index (κ3) is 5.14. The number of hydrogen-bond donors (Lipinski definition) is 2. The van der Waals surface area contributed by atoms with Gasteiger partial charge in [0, 0.05) is 24.7 Å². The van der Waals surface area contributed by atoms with Crippen molar-refractivity contribution in [2.75, 3.05) is 26.0 Å². The lowest BCUT2D eigenvalue weighted by molar-refractivity contribution is -0.115. The molecule has 6 nitrogen and oxygen atoms in total. The Morgan fingerprint density at radius 1 is 1.07 bits per heavy atom. The van der Waals surface area contributed by atoms with E-state index in [4.69, 9.17) is 0 Å². The van der Waals surface area contributed by atoms with Gasteiger partial charge in [0.2, 0.25) is 15.9 Å². The minimum absolute atomic E-state index is 0.0844. The number of hydrogen-bond acceptors (Lipinski definition) is 5. The van der Waals surface area contributed by atoms with Gasteiger partial charge in [0.1, 0.15) is 0 Å². The van der Waals surface area contributed by atoms with E-state index in [1.165, 1.54) is 20.2 Å². The van der Waals surface area contributed by atoms with E-state index in [-0.39, 0.29) is 23.4 Å². The van der Waals surface area contributed by atoms with E-state index in [0.29, 0.717) is 11.3 Å². The van der Waals surface area contributed by atoms with Gasteiger partial charge in [0.25, 0.3) is 0 Å². The Hall–Kier alpha value is -2.52. The van der Waals surface area contributed by atoms with E-state index in [9.17, 15) is 13.2 Å². The normalized spacial score (nSPS) is 12.7. The SMILES string of the molecule is Cc1ccc(NC(=O)CNC(c2ccccc2)c2cccs2)cc1S(=O)(=O)N(C)C. The van der Waals surface area contributed by atoms with Crippen LogP contribution >= 0.6 is 11.3 Å². The maximum atomic E-state index is 12.6. The van der Waals surface area contributed by atoms with Gasteiger partial charge in [-0.05, 0) is 41.6 Å². The van der Waals surface area contributed by atoms with Crippen molar-refractivity contribution >= 4 is 33.0 Å². The Labute approximate surface area is 181 Å². The lowest BCUT2D eigenvalue weighted by Crippen LogP contribution is -2.31. The van der Waals surface area contributed by atoms with Gasteiger partial charge < -0.3 is 5.32 Å². The van der Waals surface area contributed by atoms with Crippen molar-refractivity contribution in [3.05, 3.63) is 82.0 Å². The zero-order valence-corrected chi connectivity index (χ0v) is 18.8. The van der Waals surface area contributed by atoms with Crippen molar-refractivity contribution < 1.29 is 13.2 Å². The first-order valence-electron chi connectivity index (χ1n) is 9.44. The van der Waals surface area contributed by atoms with E-state index in [2.05, 4.69) is 10.6 Å². The Morgan fingerprint density at radius 3 is 2.43 bits per heavy atom. The summed E-state index contributed by atoms with van der Waals surface area (Å²) in [6, 6.07) is 18.7. The van der Waals surface area contributed by atoms with Gasteiger partial charge in [0.05, 0.1) is 17.5 Å². The van der Waals surface area contributed by atoms with Crippen LogP contribution in [0.15, 0.2) is 70.9 Å². The number of amides is 1. The van der Waals surface area contributed by atoms with Gasteiger partial charge in [-0.3, -0.25) is 10.1 Å². The first-order chi connectivity index (χ1) is 14.3. The molecule has 0 aliphatic rings. The molecule has 3 rings (SSSR count). The van der Waals surface area contributed by atoms with Gasteiger partial charge >= 0.3 is 0 Å². The number of benzene rings is 2. The van der Waals surface area contributed by atoms with Crippen molar-refractivity contribution in [2.24, 2.45) is 0 Å². The Kier molecular flexibility index (Phi) is 7.04. The lowest BCUT2D eigenvalue weighted by atomic mass is 10.1. The molecule has 0 aliphatic carbocycles. The molecule has 1 aromatic heterocycles. The number of nitrogens with zero attached hydrogens (tertiary/aromatic N) is 1. The summed E-state index contributed by atoms with van der Waals surface area (Å²) >= 11 is 1.62. The van der Waals surface area contributed by atoms with Gasteiger partial charge in [-0.2, -0.15) is 0 Å². The van der Waals surface area contributed by atoms with Gasteiger partial charge in [-0.1, -0.05) is 42.5 Å². The van der Waals surface area contributed by atoms with Crippen LogP contribution in [-0.4, -0.2) is 39.3 Å². The van der Waals surface area contributed by atoms with E-state index < -0.39 is 10.0 Å². The van der Waals surface area contributed by atoms with Gasteiger partial charge in [-0.15, -0.1) is 11.3 Å². The first kappa shape index (κ1) is 22.2. The first-order valence-corrected chi connectivity index (χ1v) is 11.8. The van der Waals surface area contributed by atoms with Crippen molar-refractivity contribution in [2.45, 2.75) is 17.9 Å². The Bertz CT molecular complexity index is 1100. The van der Waals surface area contributed by atoms with Gasteiger partial charge in [-0.25, -0.2) is 12.7 Å². The van der Waals surface area contributed by atoms with Crippen LogP contribution in [0.25, 0.3) is 0 Å². The minimum Gasteiger partial charge on any atom is -0.325 e. The van der Waals surface area contributed by atoms with Crippen LogP contribution < -0.4 is 10.6 Å². The molecule has 0 saturated heterocycles. The zero-order valence-electron chi connectivity index (χ0n) is 17.1. The Morgan fingerprint density at radius 2 is 1.80 bits per heavy atom. The monoisotopic (exact) mass is 443 g/mol. The quantitative estimate of drug-likeness (QED) is 0.557.